The summed E-state index contributed by atoms with van der Waals surface area (Å²) < 4.78 is 0. The number of urea groups is 1. The Balaban J connectivity index is 1.39. The summed E-state index contributed by atoms with van der Waals surface area (Å²) in [7, 11) is 4.11. The molecule has 3 aromatic rings. The van der Waals surface area contributed by atoms with Crippen LogP contribution in [0.5, 0.6) is 0 Å². The number of benzene rings is 2. The Kier molecular flexibility index (Phi) is 5.81. The molecule has 1 atom stereocenters. The average molecular weight is 392 g/mol. The minimum Gasteiger partial charge on any atom is -0.342 e. The fraction of sp³-hybridized carbons (Fsp3) is 0.391. The van der Waals surface area contributed by atoms with Gasteiger partial charge in [0.15, 0.2) is 0 Å². The number of nitrogens with zero attached hydrogens (tertiary/aromatic N) is 3. The molecule has 1 aliphatic heterocycles. The van der Waals surface area contributed by atoms with Crippen molar-refractivity contribution in [2.24, 2.45) is 0 Å². The number of hydrogen-bond acceptors (Lipinski definition) is 3. The predicted octanol–water partition coefficient (Wildman–Crippen LogP) is 3.71. The van der Waals surface area contributed by atoms with Crippen molar-refractivity contribution in [3.05, 3.63) is 65.5 Å². The number of likely N-dealkylation sites (tertiary alicyclic amines) is 1. The Morgan fingerprint density at radius 1 is 1.17 bits per heavy atom. The molecule has 0 aliphatic carbocycles. The normalized spacial score (nSPS) is 17.1. The van der Waals surface area contributed by atoms with E-state index in [1.54, 1.807) is 0 Å². The second-order valence-electron chi connectivity index (χ2n) is 8.09. The second kappa shape index (κ2) is 8.66. The van der Waals surface area contributed by atoms with Gasteiger partial charge in [0.05, 0.1) is 11.0 Å². The van der Waals surface area contributed by atoms with E-state index >= 15 is 0 Å². The molecule has 29 heavy (non-hydrogen) atoms. The Bertz CT molecular complexity index is 947. The Labute approximate surface area is 171 Å². The van der Waals surface area contributed by atoms with Gasteiger partial charge in [-0.25, -0.2) is 9.78 Å². The number of aromatic amines is 1. The number of H-pyrrole nitrogens is 1. The van der Waals surface area contributed by atoms with Gasteiger partial charge in [0.2, 0.25) is 0 Å². The molecule has 1 aliphatic rings. The lowest BCUT2D eigenvalue weighted by Crippen LogP contribution is -2.45. The highest BCUT2D eigenvalue weighted by Crippen LogP contribution is 2.26. The van der Waals surface area contributed by atoms with Crippen molar-refractivity contribution in [3.8, 4) is 0 Å². The zero-order valence-electron chi connectivity index (χ0n) is 17.2. The summed E-state index contributed by atoms with van der Waals surface area (Å²) in [5.41, 5.74) is 4.46. The van der Waals surface area contributed by atoms with E-state index in [9.17, 15) is 4.79 Å². The molecular formula is C23H29N5O. The number of hydrogen-bond donors (Lipinski definition) is 2. The van der Waals surface area contributed by atoms with Crippen LogP contribution in [0.1, 0.15) is 35.7 Å². The van der Waals surface area contributed by atoms with Crippen LogP contribution >= 0.6 is 0 Å². The molecule has 2 amide bonds. The third kappa shape index (κ3) is 4.59. The van der Waals surface area contributed by atoms with Gasteiger partial charge in [-0.1, -0.05) is 36.4 Å². The molecule has 1 fully saturated rings. The van der Waals surface area contributed by atoms with Gasteiger partial charge in [-0.15, -0.1) is 0 Å². The number of amides is 2. The minimum absolute atomic E-state index is 0.00506. The Morgan fingerprint density at radius 3 is 2.72 bits per heavy atom. The van der Waals surface area contributed by atoms with Gasteiger partial charge in [0.25, 0.3) is 0 Å². The molecular weight excluding hydrogens is 362 g/mol. The standard InChI is InChI=1S/C23H29N5O/c1-27(2)15-18-9-4-3-8-17(18)14-24-23(29)28-13-7-10-19(16-28)22-25-20-11-5-6-12-21(20)26-22/h3-6,8-9,11-12,19H,7,10,13-16H2,1-2H3,(H,24,29)(H,25,26)/t19-/m0/s1. The number of carbonyl (C=O) groups excluding carboxylic acids is 1. The van der Waals surface area contributed by atoms with Gasteiger partial charge >= 0.3 is 6.03 Å². The SMILES string of the molecule is CN(C)Cc1ccccc1CNC(=O)N1CCC[C@H](c2nc3ccccc3[nH]2)C1. The van der Waals surface area contributed by atoms with Crippen molar-refractivity contribution < 1.29 is 4.79 Å². The first-order chi connectivity index (χ1) is 14.1. The number of aromatic nitrogens is 2. The van der Waals surface area contributed by atoms with Gasteiger partial charge in [0.1, 0.15) is 5.82 Å². The highest BCUT2D eigenvalue weighted by molar-refractivity contribution is 5.75. The molecule has 2 heterocycles. The number of para-hydroxylation sites is 2. The molecule has 6 heteroatoms. The first-order valence-corrected chi connectivity index (χ1v) is 10.3. The molecule has 0 spiro atoms. The van der Waals surface area contributed by atoms with E-state index in [0.29, 0.717) is 13.1 Å². The van der Waals surface area contributed by atoms with Crippen molar-refractivity contribution in [1.82, 2.24) is 25.1 Å². The number of piperidine rings is 1. The van der Waals surface area contributed by atoms with Crippen LogP contribution in [0, 0.1) is 0 Å². The largest absolute Gasteiger partial charge is 0.342 e. The molecule has 152 valence electrons. The molecule has 0 bridgehead atoms. The Morgan fingerprint density at radius 2 is 1.93 bits per heavy atom. The number of fused-ring (bicyclic) bond motifs is 1. The third-order valence-electron chi connectivity index (χ3n) is 5.54. The second-order valence-corrected chi connectivity index (χ2v) is 8.09. The molecule has 1 aromatic heterocycles. The first kappa shape index (κ1) is 19.5. The van der Waals surface area contributed by atoms with E-state index in [0.717, 1.165) is 42.8 Å². The minimum atomic E-state index is 0.00506. The summed E-state index contributed by atoms with van der Waals surface area (Å²) in [4.78, 5) is 25.1. The van der Waals surface area contributed by atoms with E-state index in [-0.39, 0.29) is 11.9 Å². The lowest BCUT2D eigenvalue weighted by Gasteiger charge is -2.32. The number of imidazole rings is 1. The number of rotatable bonds is 5. The van der Waals surface area contributed by atoms with Gasteiger partial charge in [0, 0.05) is 32.1 Å². The molecule has 1 saturated heterocycles. The highest BCUT2D eigenvalue weighted by Gasteiger charge is 2.26. The topological polar surface area (TPSA) is 64.3 Å². The fourth-order valence-corrected chi connectivity index (χ4v) is 4.06. The summed E-state index contributed by atoms with van der Waals surface area (Å²) >= 11 is 0. The number of nitrogens with one attached hydrogen (secondary N) is 2. The summed E-state index contributed by atoms with van der Waals surface area (Å²) in [6.07, 6.45) is 2.04. The van der Waals surface area contributed by atoms with E-state index in [2.05, 4.69) is 41.4 Å². The van der Waals surface area contributed by atoms with Crippen molar-refractivity contribution in [3.63, 3.8) is 0 Å². The summed E-state index contributed by atoms with van der Waals surface area (Å²) in [5.74, 6) is 1.24. The summed E-state index contributed by atoms with van der Waals surface area (Å²) in [5, 5.41) is 3.12. The molecule has 2 aromatic carbocycles. The highest BCUT2D eigenvalue weighted by atomic mass is 16.2. The average Bonchev–Trinajstić information content (AvgIpc) is 3.17. The van der Waals surface area contributed by atoms with Crippen LogP contribution in [0.25, 0.3) is 11.0 Å². The van der Waals surface area contributed by atoms with Crippen LogP contribution in [0.15, 0.2) is 48.5 Å². The van der Waals surface area contributed by atoms with Crippen LogP contribution in [0.4, 0.5) is 4.79 Å². The molecule has 0 radical (unpaired) electrons. The van der Waals surface area contributed by atoms with Crippen LogP contribution in [-0.4, -0.2) is 53.0 Å². The molecule has 2 N–H and O–H groups in total. The van der Waals surface area contributed by atoms with Crippen molar-refractivity contribution in [1.29, 1.82) is 0 Å². The maximum atomic E-state index is 12.8. The lowest BCUT2D eigenvalue weighted by atomic mass is 9.97. The smallest absolute Gasteiger partial charge is 0.317 e. The number of carbonyl (C=O) groups is 1. The van der Waals surface area contributed by atoms with Gasteiger partial charge in [-0.05, 0) is 50.2 Å². The molecule has 0 saturated carbocycles. The maximum absolute atomic E-state index is 12.8. The zero-order valence-corrected chi connectivity index (χ0v) is 17.2. The van der Waals surface area contributed by atoms with Crippen molar-refractivity contribution >= 4 is 17.1 Å². The summed E-state index contributed by atoms with van der Waals surface area (Å²) in [6.45, 7) is 2.91. The monoisotopic (exact) mass is 391 g/mol. The quantitative estimate of drug-likeness (QED) is 0.697. The first-order valence-electron chi connectivity index (χ1n) is 10.3. The fourth-order valence-electron chi connectivity index (χ4n) is 4.06. The van der Waals surface area contributed by atoms with E-state index in [1.807, 2.05) is 41.3 Å². The van der Waals surface area contributed by atoms with Crippen LogP contribution in [-0.2, 0) is 13.1 Å². The molecule has 4 rings (SSSR count). The zero-order chi connectivity index (χ0) is 20.2. The van der Waals surface area contributed by atoms with Crippen LogP contribution in [0.3, 0.4) is 0 Å². The lowest BCUT2D eigenvalue weighted by molar-refractivity contribution is 0.178. The Hall–Kier alpha value is -2.86. The van der Waals surface area contributed by atoms with Gasteiger partial charge in [-0.2, -0.15) is 0 Å². The van der Waals surface area contributed by atoms with E-state index in [1.165, 1.54) is 11.1 Å². The molecule has 6 nitrogen and oxygen atoms in total. The third-order valence-corrected chi connectivity index (χ3v) is 5.54. The predicted molar refractivity (Wildman–Crippen MR) is 116 cm³/mol. The maximum Gasteiger partial charge on any atom is 0.317 e. The molecule has 0 unspecified atom stereocenters. The van der Waals surface area contributed by atoms with Gasteiger partial charge in [-0.3, -0.25) is 0 Å². The van der Waals surface area contributed by atoms with Crippen molar-refractivity contribution in [2.45, 2.75) is 31.8 Å². The van der Waals surface area contributed by atoms with Gasteiger partial charge < -0.3 is 20.1 Å². The van der Waals surface area contributed by atoms with Crippen molar-refractivity contribution in [2.75, 3.05) is 27.2 Å². The van der Waals surface area contributed by atoms with E-state index < -0.39 is 0 Å². The summed E-state index contributed by atoms with van der Waals surface area (Å²) in [6, 6.07) is 16.4. The van der Waals surface area contributed by atoms with Crippen LogP contribution in [0.2, 0.25) is 0 Å². The van der Waals surface area contributed by atoms with Crippen LogP contribution < -0.4 is 5.32 Å². The van der Waals surface area contributed by atoms with E-state index in [4.69, 9.17) is 4.98 Å².